The number of rotatable bonds is 3. The van der Waals surface area contributed by atoms with Gasteiger partial charge in [0.25, 0.3) is 0 Å². The van der Waals surface area contributed by atoms with E-state index in [1.807, 2.05) is 30.3 Å². The highest BCUT2D eigenvalue weighted by atomic mass is 16.5. The smallest absolute Gasteiger partial charge is 0.120 e. The molecule has 3 rings (SSSR count). The zero-order valence-electron chi connectivity index (χ0n) is 11.4. The van der Waals surface area contributed by atoms with Crippen LogP contribution in [0.2, 0.25) is 0 Å². The Kier molecular flexibility index (Phi) is 3.57. The first kappa shape index (κ1) is 13.2. The Morgan fingerprint density at radius 1 is 1.14 bits per heavy atom. The SMILES string of the molecule is N#Cc1ccc(COc2ccc3c(c2)CC/C3=N/O)cc1. The van der Waals surface area contributed by atoms with Crippen LogP contribution >= 0.6 is 0 Å². The van der Waals surface area contributed by atoms with Crippen molar-refractivity contribution in [3.8, 4) is 11.8 Å². The Morgan fingerprint density at radius 3 is 2.67 bits per heavy atom. The summed E-state index contributed by atoms with van der Waals surface area (Å²) in [4.78, 5) is 0. The first-order valence-electron chi connectivity index (χ1n) is 6.76. The molecule has 0 aliphatic heterocycles. The molecule has 0 unspecified atom stereocenters. The lowest BCUT2D eigenvalue weighted by Crippen LogP contribution is -1.97. The second-order valence-electron chi connectivity index (χ2n) is 4.96. The summed E-state index contributed by atoms with van der Waals surface area (Å²) in [6.07, 6.45) is 1.65. The van der Waals surface area contributed by atoms with Crippen molar-refractivity contribution in [1.82, 2.24) is 0 Å². The van der Waals surface area contributed by atoms with E-state index in [0.29, 0.717) is 12.2 Å². The first-order valence-corrected chi connectivity index (χ1v) is 6.76. The van der Waals surface area contributed by atoms with Crippen molar-refractivity contribution < 1.29 is 9.94 Å². The molecule has 1 N–H and O–H groups in total. The molecule has 0 radical (unpaired) electrons. The van der Waals surface area contributed by atoms with E-state index in [1.165, 1.54) is 0 Å². The zero-order chi connectivity index (χ0) is 14.7. The number of hydrogen-bond donors (Lipinski definition) is 1. The molecule has 1 aliphatic rings. The molecule has 21 heavy (non-hydrogen) atoms. The molecule has 104 valence electrons. The van der Waals surface area contributed by atoms with E-state index in [9.17, 15) is 0 Å². The summed E-state index contributed by atoms with van der Waals surface area (Å²) in [6, 6.07) is 15.3. The predicted molar refractivity (Wildman–Crippen MR) is 78.6 cm³/mol. The largest absolute Gasteiger partial charge is 0.489 e. The standard InChI is InChI=1S/C17H14N2O2/c18-10-12-1-3-13(4-2-12)11-21-15-6-7-16-14(9-15)5-8-17(16)19-20/h1-4,6-7,9,20H,5,8,11H2/b19-17-. The average molecular weight is 278 g/mol. The Morgan fingerprint density at radius 2 is 1.95 bits per heavy atom. The molecule has 2 aromatic rings. The number of oxime groups is 1. The van der Waals surface area contributed by atoms with E-state index < -0.39 is 0 Å². The molecule has 0 atom stereocenters. The summed E-state index contributed by atoms with van der Waals surface area (Å²) in [7, 11) is 0. The lowest BCUT2D eigenvalue weighted by molar-refractivity contribution is 0.306. The molecule has 0 fully saturated rings. The number of hydrogen-bond acceptors (Lipinski definition) is 4. The van der Waals surface area contributed by atoms with Gasteiger partial charge >= 0.3 is 0 Å². The predicted octanol–water partition coefficient (Wildman–Crippen LogP) is 3.26. The van der Waals surface area contributed by atoms with Crippen LogP contribution < -0.4 is 4.74 Å². The van der Waals surface area contributed by atoms with Crippen molar-refractivity contribution in [2.24, 2.45) is 5.16 Å². The van der Waals surface area contributed by atoms with Crippen LogP contribution in [0.3, 0.4) is 0 Å². The van der Waals surface area contributed by atoms with Gasteiger partial charge in [0.2, 0.25) is 0 Å². The van der Waals surface area contributed by atoms with E-state index in [1.54, 1.807) is 12.1 Å². The van der Waals surface area contributed by atoms with E-state index in [0.717, 1.165) is 41.0 Å². The fourth-order valence-electron chi connectivity index (χ4n) is 2.48. The van der Waals surface area contributed by atoms with Gasteiger partial charge in [0.1, 0.15) is 12.4 Å². The molecule has 0 saturated carbocycles. The molecule has 4 nitrogen and oxygen atoms in total. The number of aryl methyl sites for hydroxylation is 1. The van der Waals surface area contributed by atoms with Gasteiger partial charge in [-0.15, -0.1) is 0 Å². The minimum Gasteiger partial charge on any atom is -0.489 e. The monoisotopic (exact) mass is 278 g/mol. The van der Waals surface area contributed by atoms with Gasteiger partial charge in [0, 0.05) is 5.56 Å². The zero-order valence-corrected chi connectivity index (χ0v) is 11.4. The van der Waals surface area contributed by atoms with Gasteiger partial charge in [-0.25, -0.2) is 0 Å². The van der Waals surface area contributed by atoms with Crippen LogP contribution in [-0.2, 0) is 13.0 Å². The van der Waals surface area contributed by atoms with Crippen LogP contribution in [0.5, 0.6) is 5.75 Å². The van der Waals surface area contributed by atoms with E-state index in [2.05, 4.69) is 11.2 Å². The fourth-order valence-corrected chi connectivity index (χ4v) is 2.48. The maximum atomic E-state index is 8.91. The molecule has 0 heterocycles. The first-order chi connectivity index (χ1) is 10.3. The molecule has 0 aromatic heterocycles. The summed E-state index contributed by atoms with van der Waals surface area (Å²) >= 11 is 0. The van der Waals surface area contributed by atoms with Crippen LogP contribution in [-0.4, -0.2) is 10.9 Å². The summed E-state index contributed by atoms with van der Waals surface area (Å²) < 4.78 is 5.77. The Hall–Kier alpha value is -2.80. The average Bonchev–Trinajstić information content (AvgIpc) is 2.95. The van der Waals surface area contributed by atoms with Gasteiger partial charge in [-0.3, -0.25) is 0 Å². The Balaban J connectivity index is 1.70. The van der Waals surface area contributed by atoms with Crippen molar-refractivity contribution >= 4 is 5.71 Å². The fraction of sp³-hybridized carbons (Fsp3) is 0.176. The molecule has 4 heteroatoms. The lowest BCUT2D eigenvalue weighted by Gasteiger charge is -2.08. The maximum Gasteiger partial charge on any atom is 0.120 e. The van der Waals surface area contributed by atoms with Crippen molar-refractivity contribution in [3.05, 3.63) is 64.7 Å². The molecule has 2 aromatic carbocycles. The second-order valence-corrected chi connectivity index (χ2v) is 4.96. The summed E-state index contributed by atoms with van der Waals surface area (Å²) in [5.41, 5.74) is 4.56. The van der Waals surface area contributed by atoms with Gasteiger partial charge in [-0.05, 0) is 54.3 Å². The topological polar surface area (TPSA) is 65.6 Å². The Bertz CT molecular complexity index is 727. The maximum absolute atomic E-state index is 8.91. The summed E-state index contributed by atoms with van der Waals surface area (Å²) in [6.45, 7) is 0.464. The third-order valence-corrected chi connectivity index (χ3v) is 3.63. The lowest BCUT2D eigenvalue weighted by atomic mass is 10.1. The van der Waals surface area contributed by atoms with Crippen molar-refractivity contribution in [2.45, 2.75) is 19.4 Å². The van der Waals surface area contributed by atoms with Crippen LogP contribution in [0.25, 0.3) is 0 Å². The van der Waals surface area contributed by atoms with Crippen LogP contribution in [0, 0.1) is 11.3 Å². The molecule has 0 bridgehead atoms. The molecule has 0 saturated heterocycles. The number of benzene rings is 2. The normalized spacial score (nSPS) is 14.7. The number of nitrogens with zero attached hydrogens (tertiary/aromatic N) is 2. The second kappa shape index (κ2) is 5.68. The third-order valence-electron chi connectivity index (χ3n) is 3.63. The van der Waals surface area contributed by atoms with Gasteiger partial charge in [-0.2, -0.15) is 5.26 Å². The van der Waals surface area contributed by atoms with Crippen LogP contribution in [0.4, 0.5) is 0 Å². The van der Waals surface area contributed by atoms with Crippen LogP contribution in [0.1, 0.15) is 28.7 Å². The van der Waals surface area contributed by atoms with E-state index >= 15 is 0 Å². The summed E-state index contributed by atoms with van der Waals surface area (Å²) in [5.74, 6) is 0.803. The molecule has 0 amide bonds. The highest BCUT2D eigenvalue weighted by molar-refractivity contribution is 6.04. The number of fused-ring (bicyclic) bond motifs is 1. The molecular formula is C17H14N2O2. The van der Waals surface area contributed by atoms with Gasteiger partial charge in [-0.1, -0.05) is 17.3 Å². The van der Waals surface area contributed by atoms with Gasteiger partial charge < -0.3 is 9.94 Å². The van der Waals surface area contributed by atoms with Crippen LogP contribution in [0.15, 0.2) is 47.6 Å². The quantitative estimate of drug-likeness (QED) is 0.692. The minimum absolute atomic E-state index is 0.464. The van der Waals surface area contributed by atoms with E-state index in [-0.39, 0.29) is 0 Å². The van der Waals surface area contributed by atoms with Crippen molar-refractivity contribution in [3.63, 3.8) is 0 Å². The van der Waals surface area contributed by atoms with Gasteiger partial charge in [0.15, 0.2) is 0 Å². The molecule has 0 spiro atoms. The van der Waals surface area contributed by atoms with Crippen molar-refractivity contribution in [1.29, 1.82) is 5.26 Å². The molecule has 1 aliphatic carbocycles. The number of ether oxygens (including phenoxy) is 1. The number of nitriles is 1. The van der Waals surface area contributed by atoms with E-state index in [4.69, 9.17) is 15.2 Å². The minimum atomic E-state index is 0.464. The van der Waals surface area contributed by atoms with Gasteiger partial charge in [0.05, 0.1) is 17.3 Å². The highest BCUT2D eigenvalue weighted by Crippen LogP contribution is 2.27. The van der Waals surface area contributed by atoms with Crippen molar-refractivity contribution in [2.75, 3.05) is 0 Å². The summed E-state index contributed by atoms with van der Waals surface area (Å²) in [5, 5.41) is 21.0. The molecular weight excluding hydrogens is 264 g/mol. The highest BCUT2D eigenvalue weighted by Gasteiger charge is 2.18. The third kappa shape index (κ3) is 2.72. The Labute approximate surface area is 122 Å².